The summed E-state index contributed by atoms with van der Waals surface area (Å²) >= 11 is 0. The minimum absolute atomic E-state index is 0.0264. The average Bonchev–Trinajstić information content (AvgIpc) is 2.73. The van der Waals surface area contributed by atoms with E-state index in [4.69, 9.17) is 15.3 Å². The van der Waals surface area contributed by atoms with Crippen LogP contribution in [-0.2, 0) is 10.0 Å². The van der Waals surface area contributed by atoms with E-state index in [0.717, 1.165) is 27.7 Å². The van der Waals surface area contributed by atoms with E-state index in [9.17, 15) is 13.2 Å². The molecule has 0 saturated heterocycles. The number of rotatable bonds is 6. The van der Waals surface area contributed by atoms with Crippen molar-refractivity contribution in [3.63, 3.8) is 0 Å². The Balaban J connectivity index is 1.90. The number of benzene rings is 2. The van der Waals surface area contributed by atoms with Gasteiger partial charge in [-0.05, 0) is 56.2 Å². The van der Waals surface area contributed by atoms with E-state index in [1.54, 1.807) is 46.1 Å². The molecule has 2 amide bonds. The molecule has 3 rings (SSSR count). The molecule has 0 aliphatic heterocycles. The van der Waals surface area contributed by atoms with Gasteiger partial charge in [-0.25, -0.2) is 22.6 Å². The Labute approximate surface area is 193 Å². The van der Waals surface area contributed by atoms with Gasteiger partial charge in [0, 0.05) is 11.6 Å². The zero-order chi connectivity index (χ0) is 24.2. The normalized spacial score (nSPS) is 11.5. The lowest BCUT2D eigenvalue weighted by Gasteiger charge is -2.20. The van der Waals surface area contributed by atoms with E-state index in [1.807, 2.05) is 35.1 Å². The summed E-state index contributed by atoms with van der Waals surface area (Å²) in [6.45, 7) is 5.18. The largest absolute Gasteiger partial charge is 0.497 e. The fourth-order valence-corrected chi connectivity index (χ4v) is 3.97. The molecule has 2 aromatic carbocycles. The van der Waals surface area contributed by atoms with Gasteiger partial charge in [-0.3, -0.25) is 0 Å². The molecular formula is C23H26N4O5S. The SMILES string of the molecule is COc1ccc(-c2cccc(Oc3cc[n+]([NH-])cc3S(=O)(=O)NC(=O)NC(C)(C)C)c2)cc1. The molecule has 174 valence electrons. The Morgan fingerprint density at radius 2 is 1.70 bits per heavy atom. The number of pyridine rings is 1. The molecular weight excluding hydrogens is 444 g/mol. The number of methoxy groups -OCH3 is 1. The van der Waals surface area contributed by atoms with Gasteiger partial charge in [0.05, 0.1) is 7.11 Å². The summed E-state index contributed by atoms with van der Waals surface area (Å²) in [6.07, 6.45) is 2.38. The van der Waals surface area contributed by atoms with Crippen LogP contribution in [0.4, 0.5) is 4.79 Å². The van der Waals surface area contributed by atoms with Gasteiger partial charge in [-0.2, -0.15) is 0 Å². The Morgan fingerprint density at radius 1 is 1.00 bits per heavy atom. The summed E-state index contributed by atoms with van der Waals surface area (Å²) in [5.41, 5.74) is 1.15. The third-order valence-corrected chi connectivity index (χ3v) is 5.72. The van der Waals surface area contributed by atoms with Crippen molar-refractivity contribution in [3.05, 3.63) is 72.8 Å². The van der Waals surface area contributed by atoms with Crippen LogP contribution in [0.1, 0.15) is 20.8 Å². The number of ether oxygens (including phenoxy) is 2. The van der Waals surface area contributed by atoms with Crippen LogP contribution in [0.2, 0.25) is 0 Å². The van der Waals surface area contributed by atoms with E-state index in [1.165, 1.54) is 12.3 Å². The first-order valence-electron chi connectivity index (χ1n) is 10.0. The Hall–Kier alpha value is -3.79. The molecule has 0 aliphatic rings. The van der Waals surface area contributed by atoms with E-state index in [-0.39, 0.29) is 10.6 Å². The lowest BCUT2D eigenvalue weighted by Crippen LogP contribution is -2.48. The fraction of sp³-hybridized carbons (Fsp3) is 0.217. The number of amides is 2. The summed E-state index contributed by atoms with van der Waals surface area (Å²) in [5.74, 6) is 8.85. The first kappa shape index (κ1) is 23.9. The zero-order valence-electron chi connectivity index (χ0n) is 18.7. The van der Waals surface area contributed by atoms with Crippen molar-refractivity contribution >= 4 is 16.1 Å². The van der Waals surface area contributed by atoms with Gasteiger partial charge in [-0.1, -0.05) is 24.3 Å². The predicted octanol–water partition coefficient (Wildman–Crippen LogP) is 4.04. The molecule has 0 radical (unpaired) electrons. The van der Waals surface area contributed by atoms with Gasteiger partial charge >= 0.3 is 6.03 Å². The summed E-state index contributed by atoms with van der Waals surface area (Å²) in [6, 6.07) is 15.1. The molecule has 0 bridgehead atoms. The smallest absolute Gasteiger partial charge is 0.329 e. The van der Waals surface area contributed by atoms with Crippen molar-refractivity contribution in [3.8, 4) is 28.4 Å². The second kappa shape index (κ2) is 9.37. The van der Waals surface area contributed by atoms with E-state index >= 15 is 0 Å². The molecule has 0 atom stereocenters. The van der Waals surface area contributed by atoms with Crippen LogP contribution in [0.15, 0.2) is 71.9 Å². The lowest BCUT2D eigenvalue weighted by molar-refractivity contribution is -0.608. The first-order chi connectivity index (χ1) is 15.5. The molecule has 9 nitrogen and oxygen atoms in total. The van der Waals surface area contributed by atoms with Crippen molar-refractivity contribution in [1.82, 2.24) is 10.0 Å². The molecule has 0 saturated carbocycles. The van der Waals surface area contributed by atoms with Crippen LogP contribution < -0.4 is 24.2 Å². The van der Waals surface area contributed by atoms with Crippen LogP contribution in [0.25, 0.3) is 17.0 Å². The Kier molecular flexibility index (Phi) is 6.78. The minimum atomic E-state index is -4.32. The topological polar surface area (TPSA) is 121 Å². The highest BCUT2D eigenvalue weighted by Crippen LogP contribution is 2.31. The average molecular weight is 471 g/mol. The number of hydrogen-bond acceptors (Lipinski definition) is 5. The van der Waals surface area contributed by atoms with Crippen LogP contribution in [0, 0.1) is 0 Å². The molecule has 0 unspecified atom stereocenters. The van der Waals surface area contributed by atoms with Gasteiger partial charge in [0.15, 0.2) is 23.0 Å². The highest BCUT2D eigenvalue weighted by molar-refractivity contribution is 7.90. The van der Waals surface area contributed by atoms with Gasteiger partial charge in [0.25, 0.3) is 10.0 Å². The second-order valence-corrected chi connectivity index (χ2v) is 9.90. The van der Waals surface area contributed by atoms with Crippen molar-refractivity contribution in [2.75, 3.05) is 7.11 Å². The summed E-state index contributed by atoms with van der Waals surface area (Å²) in [7, 11) is -2.72. The van der Waals surface area contributed by atoms with Crippen LogP contribution in [0.5, 0.6) is 17.2 Å². The number of nitrogens with zero attached hydrogens (tertiary/aromatic N) is 1. The highest BCUT2D eigenvalue weighted by atomic mass is 32.2. The number of sulfonamides is 1. The predicted molar refractivity (Wildman–Crippen MR) is 123 cm³/mol. The van der Waals surface area contributed by atoms with Crippen molar-refractivity contribution in [2.24, 2.45) is 0 Å². The molecule has 1 aromatic heterocycles. The summed E-state index contributed by atoms with van der Waals surface area (Å²) in [4.78, 5) is 11.8. The molecule has 0 fully saturated rings. The summed E-state index contributed by atoms with van der Waals surface area (Å²) < 4.78 is 39.6. The Morgan fingerprint density at radius 3 is 2.33 bits per heavy atom. The maximum Gasteiger partial charge on any atom is 0.329 e. The third kappa shape index (κ3) is 6.36. The van der Waals surface area contributed by atoms with Crippen molar-refractivity contribution in [2.45, 2.75) is 31.2 Å². The molecule has 3 aromatic rings. The zero-order valence-corrected chi connectivity index (χ0v) is 19.6. The molecule has 0 aliphatic carbocycles. The molecule has 10 heteroatoms. The number of carbonyl (C=O) groups is 1. The molecule has 0 spiro atoms. The van der Waals surface area contributed by atoms with Gasteiger partial charge in [0.2, 0.25) is 0 Å². The molecule has 33 heavy (non-hydrogen) atoms. The maximum absolute atomic E-state index is 12.9. The second-order valence-electron chi connectivity index (χ2n) is 8.25. The summed E-state index contributed by atoms with van der Waals surface area (Å²) in [5, 5.41) is 2.53. The Bertz CT molecular complexity index is 1250. The van der Waals surface area contributed by atoms with Gasteiger partial charge in [0.1, 0.15) is 11.5 Å². The van der Waals surface area contributed by atoms with Gasteiger partial charge < -0.3 is 20.6 Å². The fourth-order valence-electron chi connectivity index (χ4n) is 2.94. The highest BCUT2D eigenvalue weighted by Gasteiger charge is 2.27. The number of carbonyl (C=O) groups excluding carboxylic acids is 1. The van der Waals surface area contributed by atoms with Crippen molar-refractivity contribution < 1.29 is 27.4 Å². The van der Waals surface area contributed by atoms with E-state index in [2.05, 4.69) is 5.32 Å². The minimum Gasteiger partial charge on any atom is -0.497 e. The lowest BCUT2D eigenvalue weighted by atomic mass is 10.1. The number of aromatic nitrogens is 1. The standard InChI is InChI=1S/C23H26N4O5S/c1-23(2,3)25-22(28)26-33(29,30)21-15-27(24)13-12-20(21)32-19-7-5-6-17(14-19)16-8-10-18(31-4)11-9-16/h5-15,24H,1-4H3,(H2,25,26,28). The number of nitrogens with one attached hydrogen (secondary N) is 3. The van der Waals surface area contributed by atoms with Crippen LogP contribution in [0.3, 0.4) is 0 Å². The maximum atomic E-state index is 12.9. The van der Waals surface area contributed by atoms with Crippen LogP contribution >= 0.6 is 0 Å². The van der Waals surface area contributed by atoms with E-state index in [0.29, 0.717) is 5.75 Å². The van der Waals surface area contributed by atoms with Crippen LogP contribution in [-0.4, -0.2) is 27.1 Å². The van der Waals surface area contributed by atoms with Crippen molar-refractivity contribution in [1.29, 1.82) is 0 Å². The quantitative estimate of drug-likeness (QED) is 0.527. The monoisotopic (exact) mass is 470 g/mol. The third-order valence-electron chi connectivity index (χ3n) is 4.38. The van der Waals surface area contributed by atoms with Gasteiger partial charge in [-0.15, -0.1) is 0 Å². The van der Waals surface area contributed by atoms with E-state index < -0.39 is 21.6 Å². The number of hydrogen-bond donors (Lipinski definition) is 2. The first-order valence-corrected chi connectivity index (χ1v) is 11.5. The molecule has 1 heterocycles. The number of urea groups is 1. The molecule has 3 N–H and O–H groups in total.